The van der Waals surface area contributed by atoms with Crippen molar-refractivity contribution in [2.24, 2.45) is 0 Å². The third kappa shape index (κ3) is 2.38. The van der Waals surface area contributed by atoms with Gasteiger partial charge < -0.3 is 5.11 Å². The first-order valence-electron chi connectivity index (χ1n) is 6.36. The smallest absolute Gasteiger partial charge is 0.124 e. The summed E-state index contributed by atoms with van der Waals surface area (Å²) in [5.41, 5.74) is 3.26. The van der Waals surface area contributed by atoms with Crippen molar-refractivity contribution < 1.29 is 9.50 Å². The van der Waals surface area contributed by atoms with Crippen LogP contribution in [0.2, 0.25) is 5.02 Å². The summed E-state index contributed by atoms with van der Waals surface area (Å²) in [6, 6.07) is 12.4. The zero-order valence-electron chi connectivity index (χ0n) is 10.3. The average Bonchev–Trinajstić information content (AvgIpc) is 2.35. The lowest BCUT2D eigenvalue weighted by atomic mass is 9.74. The summed E-state index contributed by atoms with van der Waals surface area (Å²) in [5, 5.41) is 10.5. The van der Waals surface area contributed by atoms with Crippen molar-refractivity contribution in [3.05, 3.63) is 70.0 Å². The van der Waals surface area contributed by atoms with E-state index in [4.69, 9.17) is 11.6 Å². The minimum Gasteiger partial charge on any atom is -0.388 e. The fourth-order valence-electron chi connectivity index (χ4n) is 2.74. The predicted molar refractivity (Wildman–Crippen MR) is 73.9 cm³/mol. The number of halogens is 2. The van der Waals surface area contributed by atoms with Gasteiger partial charge >= 0.3 is 0 Å². The highest BCUT2D eigenvalue weighted by atomic mass is 35.5. The Morgan fingerprint density at radius 3 is 2.79 bits per heavy atom. The number of hydrogen-bond acceptors (Lipinski definition) is 1. The molecule has 19 heavy (non-hydrogen) atoms. The van der Waals surface area contributed by atoms with E-state index >= 15 is 0 Å². The molecule has 0 spiro atoms. The fraction of sp³-hybridized carbons (Fsp3) is 0.250. The van der Waals surface area contributed by atoms with Gasteiger partial charge in [-0.25, -0.2) is 4.39 Å². The zero-order chi connectivity index (χ0) is 13.4. The molecule has 0 saturated heterocycles. The Balaban J connectivity index is 1.75. The molecule has 0 radical (unpaired) electrons. The lowest BCUT2D eigenvalue weighted by molar-refractivity contribution is 0.153. The van der Waals surface area contributed by atoms with Gasteiger partial charge in [0, 0.05) is 5.02 Å². The normalized spacial score (nSPS) is 18.6. The number of fused-ring (bicyclic) bond motifs is 1. The van der Waals surface area contributed by atoms with Gasteiger partial charge in [-0.05, 0) is 47.6 Å². The molecule has 0 bridgehead atoms. The molecule has 0 heterocycles. The van der Waals surface area contributed by atoms with Crippen LogP contribution in [0.1, 0.15) is 35.1 Å². The molecule has 0 amide bonds. The van der Waals surface area contributed by atoms with Crippen LogP contribution in [-0.4, -0.2) is 5.11 Å². The second kappa shape index (κ2) is 4.95. The van der Waals surface area contributed by atoms with E-state index in [1.165, 1.54) is 23.3 Å². The largest absolute Gasteiger partial charge is 0.388 e. The van der Waals surface area contributed by atoms with E-state index < -0.39 is 6.10 Å². The SMILES string of the molecule is OC(CC1Cc2ccccc21)c1ccc(F)cc1Cl. The monoisotopic (exact) mass is 276 g/mol. The van der Waals surface area contributed by atoms with Crippen LogP contribution in [0.15, 0.2) is 42.5 Å². The Morgan fingerprint density at radius 2 is 2.05 bits per heavy atom. The van der Waals surface area contributed by atoms with E-state index in [0.717, 1.165) is 6.42 Å². The van der Waals surface area contributed by atoms with Crippen LogP contribution in [0.3, 0.4) is 0 Å². The quantitative estimate of drug-likeness (QED) is 0.889. The van der Waals surface area contributed by atoms with E-state index in [1.54, 1.807) is 6.07 Å². The highest BCUT2D eigenvalue weighted by Gasteiger charge is 2.28. The Morgan fingerprint density at radius 1 is 1.26 bits per heavy atom. The summed E-state index contributed by atoms with van der Waals surface area (Å²) in [6.45, 7) is 0. The van der Waals surface area contributed by atoms with Crippen molar-refractivity contribution in [3.63, 3.8) is 0 Å². The van der Waals surface area contributed by atoms with E-state index in [2.05, 4.69) is 12.1 Å². The molecule has 2 atom stereocenters. The van der Waals surface area contributed by atoms with Crippen LogP contribution < -0.4 is 0 Å². The summed E-state index contributed by atoms with van der Waals surface area (Å²) >= 11 is 5.97. The molecule has 1 nitrogen and oxygen atoms in total. The van der Waals surface area contributed by atoms with E-state index in [0.29, 0.717) is 22.9 Å². The van der Waals surface area contributed by atoms with Gasteiger partial charge in [-0.3, -0.25) is 0 Å². The lowest BCUT2D eigenvalue weighted by Crippen LogP contribution is -2.19. The summed E-state index contributed by atoms with van der Waals surface area (Å²) < 4.78 is 13.0. The molecular weight excluding hydrogens is 263 g/mol. The maximum absolute atomic E-state index is 13.0. The van der Waals surface area contributed by atoms with Crippen molar-refractivity contribution in [3.8, 4) is 0 Å². The molecule has 0 aliphatic heterocycles. The average molecular weight is 277 g/mol. The Hall–Kier alpha value is -1.38. The standard InChI is InChI=1S/C16H14ClFO/c17-15-9-12(18)5-6-14(15)16(19)8-11-7-10-3-1-2-4-13(10)11/h1-6,9,11,16,19H,7-8H2. The van der Waals surface area contributed by atoms with Crippen molar-refractivity contribution in [2.45, 2.75) is 24.9 Å². The molecule has 2 unspecified atom stereocenters. The van der Waals surface area contributed by atoms with Gasteiger partial charge in [0.25, 0.3) is 0 Å². The first-order chi connectivity index (χ1) is 9.15. The molecule has 0 fully saturated rings. The van der Waals surface area contributed by atoms with E-state index in [9.17, 15) is 9.50 Å². The molecule has 0 saturated carbocycles. The van der Waals surface area contributed by atoms with Crippen LogP contribution in [0.25, 0.3) is 0 Å². The summed E-state index contributed by atoms with van der Waals surface area (Å²) in [6.07, 6.45) is 0.973. The zero-order valence-corrected chi connectivity index (χ0v) is 11.1. The molecule has 98 valence electrons. The van der Waals surface area contributed by atoms with Gasteiger partial charge in [-0.2, -0.15) is 0 Å². The van der Waals surface area contributed by atoms with Gasteiger partial charge in [0.15, 0.2) is 0 Å². The highest BCUT2D eigenvalue weighted by molar-refractivity contribution is 6.31. The molecule has 0 aromatic heterocycles. The molecule has 1 aliphatic carbocycles. The number of benzene rings is 2. The van der Waals surface area contributed by atoms with Crippen LogP contribution in [0.5, 0.6) is 0 Å². The summed E-state index contributed by atoms with van der Waals surface area (Å²) in [5.74, 6) is -0.0118. The minimum absolute atomic E-state index is 0.292. The third-order valence-electron chi connectivity index (χ3n) is 3.79. The summed E-state index contributed by atoms with van der Waals surface area (Å²) in [4.78, 5) is 0. The van der Waals surface area contributed by atoms with Crippen LogP contribution in [0.4, 0.5) is 4.39 Å². The van der Waals surface area contributed by atoms with Gasteiger partial charge in [-0.1, -0.05) is 41.9 Å². The second-order valence-corrected chi connectivity index (χ2v) is 5.42. The maximum atomic E-state index is 13.0. The topological polar surface area (TPSA) is 20.2 Å². The van der Waals surface area contributed by atoms with Crippen molar-refractivity contribution in [1.82, 2.24) is 0 Å². The molecular formula is C16H14ClFO. The number of aliphatic hydroxyl groups excluding tert-OH is 1. The van der Waals surface area contributed by atoms with E-state index in [1.807, 2.05) is 12.1 Å². The minimum atomic E-state index is -0.647. The molecule has 1 aliphatic rings. The van der Waals surface area contributed by atoms with Crippen molar-refractivity contribution in [2.75, 3.05) is 0 Å². The fourth-order valence-corrected chi connectivity index (χ4v) is 3.03. The van der Waals surface area contributed by atoms with Crippen molar-refractivity contribution in [1.29, 1.82) is 0 Å². The van der Waals surface area contributed by atoms with Crippen LogP contribution in [0, 0.1) is 5.82 Å². The molecule has 1 N–H and O–H groups in total. The van der Waals surface area contributed by atoms with Gasteiger partial charge in [0.2, 0.25) is 0 Å². The highest BCUT2D eigenvalue weighted by Crippen LogP contribution is 2.41. The Bertz CT molecular complexity index is 611. The first kappa shape index (κ1) is 12.6. The molecule has 3 rings (SSSR count). The number of hydrogen-bond donors (Lipinski definition) is 1. The first-order valence-corrected chi connectivity index (χ1v) is 6.74. The Labute approximate surface area is 116 Å². The van der Waals surface area contributed by atoms with Crippen LogP contribution >= 0.6 is 11.6 Å². The van der Waals surface area contributed by atoms with Crippen LogP contribution in [-0.2, 0) is 6.42 Å². The number of rotatable bonds is 3. The van der Waals surface area contributed by atoms with Gasteiger partial charge in [-0.15, -0.1) is 0 Å². The lowest BCUT2D eigenvalue weighted by Gasteiger charge is -2.31. The van der Waals surface area contributed by atoms with Gasteiger partial charge in [0.1, 0.15) is 5.82 Å². The Kier molecular flexibility index (Phi) is 3.29. The van der Waals surface area contributed by atoms with Gasteiger partial charge in [0.05, 0.1) is 6.10 Å². The molecule has 3 heteroatoms. The van der Waals surface area contributed by atoms with E-state index in [-0.39, 0.29) is 5.82 Å². The third-order valence-corrected chi connectivity index (χ3v) is 4.12. The second-order valence-electron chi connectivity index (χ2n) is 5.02. The molecule has 2 aromatic carbocycles. The predicted octanol–water partition coefficient (Wildman–Crippen LogP) is 4.24. The molecule has 2 aromatic rings. The summed E-state index contributed by atoms with van der Waals surface area (Å²) in [7, 11) is 0. The van der Waals surface area contributed by atoms with Crippen molar-refractivity contribution >= 4 is 11.6 Å². The number of aliphatic hydroxyl groups is 1. The maximum Gasteiger partial charge on any atom is 0.124 e.